The number of pyridine rings is 1. The van der Waals surface area contributed by atoms with E-state index in [-0.39, 0.29) is 5.91 Å². The number of hydrogen-bond donors (Lipinski definition) is 2. The van der Waals surface area contributed by atoms with Gasteiger partial charge in [0, 0.05) is 18.4 Å². The van der Waals surface area contributed by atoms with Gasteiger partial charge in [0.25, 0.3) is 5.91 Å². The summed E-state index contributed by atoms with van der Waals surface area (Å²) in [6, 6.07) is 3.63. The van der Waals surface area contributed by atoms with Crippen LogP contribution in [0.25, 0.3) is 0 Å². The molecule has 0 aliphatic carbocycles. The Morgan fingerprint density at radius 3 is 2.82 bits per heavy atom. The molecule has 1 rings (SSSR count). The third kappa shape index (κ3) is 4.53. The maximum Gasteiger partial charge on any atom is 0.252 e. The van der Waals surface area contributed by atoms with Crippen molar-refractivity contribution >= 4 is 5.91 Å². The normalized spacial score (nSPS) is 12.2. The maximum atomic E-state index is 11.8. The van der Waals surface area contributed by atoms with Crippen LogP contribution >= 0.6 is 0 Å². The fourth-order valence-corrected chi connectivity index (χ4v) is 1.63. The summed E-state index contributed by atoms with van der Waals surface area (Å²) in [5.41, 5.74) is 7.04. The van der Waals surface area contributed by atoms with Crippen molar-refractivity contribution in [3.8, 4) is 0 Å². The van der Waals surface area contributed by atoms with Crippen LogP contribution in [0.4, 0.5) is 0 Å². The molecule has 0 radical (unpaired) electrons. The van der Waals surface area contributed by atoms with E-state index in [4.69, 9.17) is 5.73 Å². The molecule has 0 aromatic carbocycles. The van der Waals surface area contributed by atoms with Crippen molar-refractivity contribution in [3.05, 3.63) is 29.6 Å². The van der Waals surface area contributed by atoms with E-state index in [1.165, 1.54) is 0 Å². The van der Waals surface area contributed by atoms with Crippen LogP contribution in [-0.4, -0.2) is 24.0 Å². The molecule has 94 valence electrons. The Morgan fingerprint density at radius 1 is 1.53 bits per heavy atom. The average Bonchev–Trinajstić information content (AvgIpc) is 2.35. The topological polar surface area (TPSA) is 68.0 Å². The van der Waals surface area contributed by atoms with Crippen LogP contribution < -0.4 is 11.1 Å². The third-order valence-electron chi connectivity index (χ3n) is 2.88. The zero-order chi connectivity index (χ0) is 12.7. The largest absolute Gasteiger partial charge is 0.352 e. The van der Waals surface area contributed by atoms with Crippen molar-refractivity contribution in [1.82, 2.24) is 10.3 Å². The average molecular weight is 235 g/mol. The molecule has 0 bridgehead atoms. The lowest BCUT2D eigenvalue weighted by atomic mass is 10.0. The summed E-state index contributed by atoms with van der Waals surface area (Å²) in [5.74, 6) is 0.398. The summed E-state index contributed by atoms with van der Waals surface area (Å²) in [4.78, 5) is 15.9. The van der Waals surface area contributed by atoms with Crippen LogP contribution in [0.15, 0.2) is 18.3 Å². The summed E-state index contributed by atoms with van der Waals surface area (Å²) in [5, 5.41) is 2.92. The van der Waals surface area contributed by atoms with Crippen LogP contribution in [0.3, 0.4) is 0 Å². The minimum absolute atomic E-state index is 0.0621. The first-order valence-electron chi connectivity index (χ1n) is 6.08. The van der Waals surface area contributed by atoms with E-state index in [1.807, 2.05) is 13.0 Å². The van der Waals surface area contributed by atoms with Crippen LogP contribution in [0.1, 0.15) is 35.8 Å². The van der Waals surface area contributed by atoms with Gasteiger partial charge in [-0.3, -0.25) is 9.78 Å². The smallest absolute Gasteiger partial charge is 0.252 e. The van der Waals surface area contributed by atoms with E-state index in [0.29, 0.717) is 24.6 Å². The number of amides is 1. The summed E-state index contributed by atoms with van der Waals surface area (Å²) < 4.78 is 0. The Hall–Kier alpha value is -1.42. The lowest BCUT2D eigenvalue weighted by molar-refractivity contribution is 0.0946. The van der Waals surface area contributed by atoms with Gasteiger partial charge in [-0.2, -0.15) is 0 Å². The fourth-order valence-electron chi connectivity index (χ4n) is 1.63. The molecule has 4 nitrogen and oxygen atoms in total. The Labute approximate surface area is 103 Å². The molecule has 0 spiro atoms. The summed E-state index contributed by atoms with van der Waals surface area (Å²) in [6.45, 7) is 5.36. The van der Waals surface area contributed by atoms with E-state index >= 15 is 0 Å². The van der Waals surface area contributed by atoms with Gasteiger partial charge in [-0.15, -0.1) is 0 Å². The Bertz CT molecular complexity index is 348. The number of carbonyl (C=O) groups excluding carboxylic acids is 1. The molecule has 0 saturated carbocycles. The quantitative estimate of drug-likeness (QED) is 0.785. The van der Waals surface area contributed by atoms with Gasteiger partial charge >= 0.3 is 0 Å². The highest BCUT2D eigenvalue weighted by molar-refractivity contribution is 5.93. The van der Waals surface area contributed by atoms with Gasteiger partial charge in [-0.1, -0.05) is 13.3 Å². The second-order valence-electron chi connectivity index (χ2n) is 4.25. The van der Waals surface area contributed by atoms with Crippen LogP contribution in [0, 0.1) is 12.8 Å². The number of aryl methyl sites for hydroxylation is 1. The minimum atomic E-state index is -0.0621. The highest BCUT2D eigenvalue weighted by Crippen LogP contribution is 2.06. The molecule has 1 aromatic rings. The van der Waals surface area contributed by atoms with Crippen LogP contribution in [0.2, 0.25) is 0 Å². The predicted molar refractivity (Wildman–Crippen MR) is 68.8 cm³/mol. The molecule has 0 aliphatic heterocycles. The molecule has 4 heteroatoms. The maximum absolute atomic E-state index is 11.8. The zero-order valence-corrected chi connectivity index (χ0v) is 10.6. The van der Waals surface area contributed by atoms with Crippen molar-refractivity contribution in [2.75, 3.05) is 13.1 Å². The van der Waals surface area contributed by atoms with Gasteiger partial charge < -0.3 is 11.1 Å². The lowest BCUT2D eigenvalue weighted by Crippen LogP contribution is -2.30. The van der Waals surface area contributed by atoms with Crippen molar-refractivity contribution < 1.29 is 4.79 Å². The predicted octanol–water partition coefficient (Wildman–Crippen LogP) is 1.49. The molecule has 1 heterocycles. The van der Waals surface area contributed by atoms with E-state index in [0.717, 1.165) is 18.5 Å². The number of hydrogen-bond acceptors (Lipinski definition) is 3. The zero-order valence-electron chi connectivity index (χ0n) is 10.6. The molecule has 1 atom stereocenters. The van der Waals surface area contributed by atoms with E-state index in [2.05, 4.69) is 17.2 Å². The molecule has 1 aromatic heterocycles. The lowest BCUT2D eigenvalue weighted by Gasteiger charge is -2.14. The minimum Gasteiger partial charge on any atom is -0.352 e. The molecule has 1 unspecified atom stereocenters. The Kier molecular flexibility index (Phi) is 5.63. The molecular weight excluding hydrogens is 214 g/mol. The number of nitrogens with one attached hydrogen (secondary N) is 1. The van der Waals surface area contributed by atoms with Crippen molar-refractivity contribution in [2.24, 2.45) is 11.7 Å². The SMILES string of the molecule is CCC(CCN)CNC(=O)c1ccc(C)nc1. The Morgan fingerprint density at radius 2 is 2.29 bits per heavy atom. The number of carbonyl (C=O) groups is 1. The Balaban J connectivity index is 2.46. The summed E-state index contributed by atoms with van der Waals surface area (Å²) in [7, 11) is 0. The first-order chi connectivity index (χ1) is 8.17. The summed E-state index contributed by atoms with van der Waals surface area (Å²) >= 11 is 0. The molecule has 3 N–H and O–H groups in total. The van der Waals surface area contributed by atoms with Gasteiger partial charge in [0.05, 0.1) is 5.56 Å². The van der Waals surface area contributed by atoms with Gasteiger partial charge in [0.1, 0.15) is 0 Å². The summed E-state index contributed by atoms with van der Waals surface area (Å²) in [6.07, 6.45) is 3.58. The van der Waals surface area contributed by atoms with Gasteiger partial charge in [0.15, 0.2) is 0 Å². The van der Waals surface area contributed by atoms with Crippen molar-refractivity contribution in [3.63, 3.8) is 0 Å². The number of aromatic nitrogens is 1. The highest BCUT2D eigenvalue weighted by Gasteiger charge is 2.09. The molecule has 0 fully saturated rings. The van der Waals surface area contributed by atoms with Gasteiger partial charge in [0.2, 0.25) is 0 Å². The van der Waals surface area contributed by atoms with Crippen LogP contribution in [-0.2, 0) is 0 Å². The third-order valence-corrected chi connectivity index (χ3v) is 2.88. The van der Waals surface area contributed by atoms with Gasteiger partial charge in [-0.25, -0.2) is 0 Å². The number of nitrogens with two attached hydrogens (primary N) is 1. The van der Waals surface area contributed by atoms with Crippen molar-refractivity contribution in [2.45, 2.75) is 26.7 Å². The standard InChI is InChI=1S/C13H21N3O/c1-3-11(6-7-14)8-16-13(17)12-5-4-10(2)15-9-12/h4-5,9,11H,3,6-8,14H2,1-2H3,(H,16,17). The van der Waals surface area contributed by atoms with E-state index in [9.17, 15) is 4.79 Å². The molecular formula is C13H21N3O. The van der Waals surface area contributed by atoms with E-state index < -0.39 is 0 Å². The monoisotopic (exact) mass is 235 g/mol. The first kappa shape index (κ1) is 13.6. The highest BCUT2D eigenvalue weighted by atomic mass is 16.1. The molecule has 0 saturated heterocycles. The molecule has 1 amide bonds. The fraction of sp³-hybridized carbons (Fsp3) is 0.538. The van der Waals surface area contributed by atoms with Crippen molar-refractivity contribution in [1.29, 1.82) is 0 Å². The number of rotatable bonds is 6. The van der Waals surface area contributed by atoms with E-state index in [1.54, 1.807) is 12.3 Å². The first-order valence-corrected chi connectivity index (χ1v) is 6.08. The molecule has 0 aliphatic rings. The van der Waals surface area contributed by atoms with Crippen LogP contribution in [0.5, 0.6) is 0 Å². The van der Waals surface area contributed by atoms with Gasteiger partial charge in [-0.05, 0) is 37.9 Å². The second kappa shape index (κ2) is 7.01. The number of nitrogens with zero attached hydrogens (tertiary/aromatic N) is 1. The second-order valence-corrected chi connectivity index (χ2v) is 4.25. The molecule has 17 heavy (non-hydrogen) atoms.